The lowest BCUT2D eigenvalue weighted by Crippen LogP contribution is -2.40. The highest BCUT2D eigenvalue weighted by Gasteiger charge is 2.33. The van der Waals surface area contributed by atoms with E-state index in [4.69, 9.17) is 4.74 Å². The summed E-state index contributed by atoms with van der Waals surface area (Å²) in [5.41, 5.74) is 1.00. The summed E-state index contributed by atoms with van der Waals surface area (Å²) in [6, 6.07) is 8.36. The average Bonchev–Trinajstić information content (AvgIpc) is 2.37. The largest absolute Gasteiger partial charge is 0.487 e. The Morgan fingerprint density at radius 2 is 2.15 bits per heavy atom. The summed E-state index contributed by atoms with van der Waals surface area (Å²) in [6.07, 6.45) is 1.41. The summed E-state index contributed by atoms with van der Waals surface area (Å²) >= 11 is 0. The highest BCUT2D eigenvalue weighted by atomic mass is 16.5. The summed E-state index contributed by atoms with van der Waals surface area (Å²) in [4.78, 5) is 11.5. The highest BCUT2D eigenvalue weighted by molar-refractivity contribution is 5.75. The number of benzene rings is 1. The van der Waals surface area contributed by atoms with E-state index in [-0.39, 0.29) is 17.6 Å². The molecule has 1 aliphatic rings. The molecule has 0 fully saturated rings. The zero-order valence-corrected chi connectivity index (χ0v) is 12.5. The normalized spacial score (nSPS) is 19.9. The minimum absolute atomic E-state index is 0.0969. The van der Waals surface area contributed by atoms with Crippen molar-refractivity contribution in [1.29, 1.82) is 0 Å². The third kappa shape index (κ3) is 3.73. The van der Waals surface area contributed by atoms with Gasteiger partial charge in [-0.1, -0.05) is 18.2 Å². The summed E-state index contributed by atoms with van der Waals surface area (Å²) < 4.78 is 6.00. The molecule has 0 bridgehead atoms. The Labute approximate surface area is 120 Å². The van der Waals surface area contributed by atoms with Crippen LogP contribution >= 0.6 is 0 Å². The molecule has 1 heterocycles. The Morgan fingerprint density at radius 3 is 2.90 bits per heavy atom. The predicted molar refractivity (Wildman–Crippen MR) is 79.8 cm³/mol. The van der Waals surface area contributed by atoms with Gasteiger partial charge in [0.1, 0.15) is 11.4 Å². The Bertz CT molecular complexity index is 471. The fourth-order valence-electron chi connectivity index (χ4n) is 2.63. The standard InChI is InChI=1S/C16H24N2O2/c1-4-17-15(19)9-10-18-13-11-16(2,3)20-14-8-6-5-7-12(13)14/h5-8,13,18H,4,9-11H2,1-3H3,(H,17,19). The SMILES string of the molecule is CCNC(=O)CCNC1CC(C)(C)Oc2ccccc21. The second-order valence-electron chi connectivity index (χ2n) is 5.81. The maximum absolute atomic E-state index is 11.5. The van der Waals surface area contributed by atoms with Crippen molar-refractivity contribution < 1.29 is 9.53 Å². The molecule has 1 unspecified atom stereocenters. The summed E-state index contributed by atoms with van der Waals surface area (Å²) in [6.45, 7) is 7.50. The fraction of sp³-hybridized carbons (Fsp3) is 0.562. The summed E-state index contributed by atoms with van der Waals surface area (Å²) in [7, 11) is 0. The van der Waals surface area contributed by atoms with Gasteiger partial charge in [-0.3, -0.25) is 4.79 Å². The van der Waals surface area contributed by atoms with Crippen molar-refractivity contribution in [3.63, 3.8) is 0 Å². The van der Waals surface area contributed by atoms with Gasteiger partial charge >= 0.3 is 0 Å². The molecule has 4 nitrogen and oxygen atoms in total. The average molecular weight is 276 g/mol. The zero-order valence-electron chi connectivity index (χ0n) is 12.5. The van der Waals surface area contributed by atoms with Gasteiger partial charge in [0, 0.05) is 37.5 Å². The van der Waals surface area contributed by atoms with Crippen molar-refractivity contribution in [3.05, 3.63) is 29.8 Å². The molecule has 0 saturated heterocycles. The number of amides is 1. The molecule has 1 aromatic rings. The third-order valence-electron chi connectivity index (χ3n) is 3.49. The van der Waals surface area contributed by atoms with E-state index in [9.17, 15) is 4.79 Å². The van der Waals surface area contributed by atoms with Crippen molar-refractivity contribution in [2.75, 3.05) is 13.1 Å². The number of nitrogens with one attached hydrogen (secondary N) is 2. The zero-order chi connectivity index (χ0) is 14.6. The second-order valence-corrected chi connectivity index (χ2v) is 5.81. The molecule has 0 radical (unpaired) electrons. The molecule has 2 N–H and O–H groups in total. The summed E-state index contributed by atoms with van der Waals surface area (Å²) in [5.74, 6) is 1.04. The number of hydrogen-bond acceptors (Lipinski definition) is 3. The van der Waals surface area contributed by atoms with Crippen LogP contribution in [0.25, 0.3) is 0 Å². The van der Waals surface area contributed by atoms with Gasteiger partial charge in [-0.15, -0.1) is 0 Å². The molecular formula is C16H24N2O2. The first-order valence-electron chi connectivity index (χ1n) is 7.30. The van der Waals surface area contributed by atoms with E-state index in [1.165, 1.54) is 5.56 Å². The van der Waals surface area contributed by atoms with Gasteiger partial charge in [-0.2, -0.15) is 0 Å². The fourth-order valence-corrected chi connectivity index (χ4v) is 2.63. The van der Waals surface area contributed by atoms with E-state index in [1.54, 1.807) is 0 Å². The smallest absolute Gasteiger partial charge is 0.221 e. The maximum atomic E-state index is 11.5. The van der Waals surface area contributed by atoms with Gasteiger partial charge in [0.15, 0.2) is 0 Å². The maximum Gasteiger partial charge on any atom is 0.221 e. The summed E-state index contributed by atoms with van der Waals surface area (Å²) in [5, 5.41) is 6.30. The Kier molecular flexibility index (Phi) is 4.65. The van der Waals surface area contributed by atoms with E-state index >= 15 is 0 Å². The number of carbonyl (C=O) groups is 1. The van der Waals surface area contributed by atoms with Crippen molar-refractivity contribution in [2.24, 2.45) is 0 Å². The van der Waals surface area contributed by atoms with Crippen molar-refractivity contribution >= 4 is 5.91 Å². The van der Waals surface area contributed by atoms with Crippen molar-refractivity contribution in [3.8, 4) is 5.75 Å². The van der Waals surface area contributed by atoms with E-state index < -0.39 is 0 Å². The lowest BCUT2D eigenvalue weighted by atomic mass is 9.89. The van der Waals surface area contributed by atoms with Crippen LogP contribution in [-0.2, 0) is 4.79 Å². The lowest BCUT2D eigenvalue weighted by Gasteiger charge is -2.38. The van der Waals surface area contributed by atoms with Crippen LogP contribution in [0.1, 0.15) is 45.2 Å². The molecule has 0 aliphatic carbocycles. The van der Waals surface area contributed by atoms with Crippen LogP contribution in [0, 0.1) is 0 Å². The number of hydrogen-bond donors (Lipinski definition) is 2. The first-order valence-corrected chi connectivity index (χ1v) is 7.30. The van der Waals surface area contributed by atoms with Gasteiger partial charge in [0.2, 0.25) is 5.91 Å². The quantitative estimate of drug-likeness (QED) is 0.868. The van der Waals surface area contributed by atoms with Crippen LogP contribution < -0.4 is 15.4 Å². The van der Waals surface area contributed by atoms with Crippen molar-refractivity contribution in [2.45, 2.75) is 45.3 Å². The number of carbonyl (C=O) groups excluding carboxylic acids is 1. The van der Waals surface area contributed by atoms with Crippen LogP contribution in [-0.4, -0.2) is 24.6 Å². The highest BCUT2D eigenvalue weighted by Crippen LogP contribution is 2.38. The third-order valence-corrected chi connectivity index (χ3v) is 3.49. The monoisotopic (exact) mass is 276 g/mol. The molecule has 1 aromatic carbocycles. The molecule has 0 saturated carbocycles. The van der Waals surface area contributed by atoms with Crippen LogP contribution in [0.5, 0.6) is 5.75 Å². The Morgan fingerprint density at radius 1 is 1.40 bits per heavy atom. The number of fused-ring (bicyclic) bond motifs is 1. The van der Waals surface area contributed by atoms with Gasteiger partial charge in [0.25, 0.3) is 0 Å². The number of ether oxygens (including phenoxy) is 1. The van der Waals surface area contributed by atoms with E-state index in [2.05, 4.69) is 30.5 Å². The molecule has 1 aliphatic heterocycles. The van der Waals surface area contributed by atoms with Crippen LogP contribution in [0.15, 0.2) is 24.3 Å². The molecule has 110 valence electrons. The molecule has 4 heteroatoms. The molecule has 20 heavy (non-hydrogen) atoms. The molecular weight excluding hydrogens is 252 g/mol. The van der Waals surface area contributed by atoms with Gasteiger partial charge in [-0.25, -0.2) is 0 Å². The molecule has 0 spiro atoms. The van der Waals surface area contributed by atoms with E-state index in [0.29, 0.717) is 19.5 Å². The van der Waals surface area contributed by atoms with Crippen molar-refractivity contribution in [1.82, 2.24) is 10.6 Å². The van der Waals surface area contributed by atoms with E-state index in [0.717, 1.165) is 12.2 Å². The predicted octanol–water partition coefficient (Wildman–Crippen LogP) is 2.40. The van der Waals surface area contributed by atoms with Crippen LogP contribution in [0.2, 0.25) is 0 Å². The Balaban J connectivity index is 1.99. The topological polar surface area (TPSA) is 50.4 Å². The van der Waals surface area contributed by atoms with Crippen LogP contribution in [0.4, 0.5) is 0 Å². The molecule has 2 rings (SSSR count). The number of para-hydroxylation sites is 1. The minimum Gasteiger partial charge on any atom is -0.487 e. The van der Waals surface area contributed by atoms with Crippen LogP contribution in [0.3, 0.4) is 0 Å². The number of rotatable bonds is 5. The Hall–Kier alpha value is -1.55. The molecule has 1 atom stereocenters. The lowest BCUT2D eigenvalue weighted by molar-refractivity contribution is -0.120. The van der Waals surface area contributed by atoms with E-state index in [1.807, 2.05) is 25.1 Å². The van der Waals surface area contributed by atoms with Gasteiger partial charge in [0.05, 0.1) is 0 Å². The minimum atomic E-state index is -0.183. The molecule has 0 aromatic heterocycles. The first kappa shape index (κ1) is 14.9. The second kappa shape index (κ2) is 6.27. The first-order chi connectivity index (χ1) is 9.52. The van der Waals surface area contributed by atoms with Gasteiger partial charge in [-0.05, 0) is 26.8 Å². The van der Waals surface area contributed by atoms with Gasteiger partial charge < -0.3 is 15.4 Å². The molecule has 1 amide bonds.